The minimum absolute atomic E-state index is 0.135. The highest BCUT2D eigenvalue weighted by atomic mass is 16.2. The summed E-state index contributed by atoms with van der Waals surface area (Å²) in [5, 5.41) is 5.20. The molecule has 0 aliphatic carbocycles. The molecule has 1 fully saturated rings. The number of carbonyl (C=O) groups is 2. The van der Waals surface area contributed by atoms with Gasteiger partial charge in [-0.3, -0.25) is 4.79 Å². The molecule has 0 bridgehead atoms. The fraction of sp³-hybridized carbons (Fsp3) is 0.294. The lowest BCUT2D eigenvalue weighted by Gasteiger charge is -2.21. The van der Waals surface area contributed by atoms with Crippen LogP contribution in [0.2, 0.25) is 0 Å². The second-order valence-corrected chi connectivity index (χ2v) is 5.55. The number of rotatable bonds is 3. The molecule has 0 radical (unpaired) electrons. The topological polar surface area (TPSA) is 75.4 Å². The van der Waals surface area contributed by atoms with Crippen LogP contribution in [0, 0.1) is 0 Å². The maximum atomic E-state index is 12.3. The van der Waals surface area contributed by atoms with Crippen LogP contribution < -0.4 is 11.1 Å². The van der Waals surface area contributed by atoms with Gasteiger partial charge in [0, 0.05) is 13.1 Å². The van der Waals surface area contributed by atoms with Gasteiger partial charge in [-0.2, -0.15) is 0 Å². The third-order valence-electron chi connectivity index (χ3n) is 4.17. The van der Waals surface area contributed by atoms with Crippen LogP contribution in [0.3, 0.4) is 0 Å². The summed E-state index contributed by atoms with van der Waals surface area (Å²) < 4.78 is 0. The number of hydrogen-bond donors (Lipinski definition) is 2. The minimum Gasteiger partial charge on any atom is -0.351 e. The van der Waals surface area contributed by atoms with Crippen molar-refractivity contribution >= 4 is 22.7 Å². The van der Waals surface area contributed by atoms with Crippen molar-refractivity contribution in [3.63, 3.8) is 0 Å². The highest BCUT2D eigenvalue weighted by Crippen LogP contribution is 2.19. The van der Waals surface area contributed by atoms with Crippen LogP contribution in [-0.4, -0.2) is 29.4 Å². The number of fused-ring (bicyclic) bond motifs is 1. The molecule has 3 amide bonds. The molecule has 22 heavy (non-hydrogen) atoms. The number of nitrogens with zero attached hydrogens (tertiary/aromatic N) is 1. The summed E-state index contributed by atoms with van der Waals surface area (Å²) in [4.78, 5) is 25.1. The number of carbonyl (C=O) groups excluding carboxylic acids is 2. The molecular formula is C17H19N3O2. The fourth-order valence-corrected chi connectivity index (χ4v) is 3.05. The fourth-order valence-electron chi connectivity index (χ4n) is 3.05. The van der Waals surface area contributed by atoms with E-state index in [1.54, 1.807) is 0 Å². The summed E-state index contributed by atoms with van der Waals surface area (Å²) in [6.07, 6.45) is 1.49. The molecule has 2 aromatic carbocycles. The summed E-state index contributed by atoms with van der Waals surface area (Å²) >= 11 is 0. The van der Waals surface area contributed by atoms with Crippen molar-refractivity contribution in [3.05, 3.63) is 48.0 Å². The minimum atomic E-state index is -0.525. The molecule has 114 valence electrons. The van der Waals surface area contributed by atoms with Gasteiger partial charge in [0.2, 0.25) is 5.91 Å². The van der Waals surface area contributed by atoms with E-state index in [2.05, 4.69) is 5.32 Å². The Labute approximate surface area is 129 Å². The summed E-state index contributed by atoms with van der Waals surface area (Å²) in [6.45, 7) is 1.00. The summed E-state index contributed by atoms with van der Waals surface area (Å²) in [5.74, 6) is -0.135. The van der Waals surface area contributed by atoms with Crippen molar-refractivity contribution in [1.29, 1.82) is 0 Å². The number of nitrogens with two attached hydrogens (primary N) is 1. The number of amides is 3. The Bertz CT molecular complexity index is 709. The monoisotopic (exact) mass is 297 g/mol. The Morgan fingerprint density at radius 1 is 1.18 bits per heavy atom. The molecule has 5 nitrogen and oxygen atoms in total. The van der Waals surface area contributed by atoms with E-state index in [-0.39, 0.29) is 5.91 Å². The van der Waals surface area contributed by atoms with E-state index < -0.39 is 12.1 Å². The van der Waals surface area contributed by atoms with E-state index in [9.17, 15) is 9.59 Å². The first kappa shape index (κ1) is 14.4. The first-order chi connectivity index (χ1) is 10.7. The SMILES string of the molecule is NC(=O)N1CCCC1C(=O)NCc1cccc2ccccc12. The lowest BCUT2D eigenvalue weighted by molar-refractivity contribution is -0.124. The van der Waals surface area contributed by atoms with Gasteiger partial charge in [-0.1, -0.05) is 42.5 Å². The zero-order valence-electron chi connectivity index (χ0n) is 12.3. The second kappa shape index (κ2) is 6.05. The highest BCUT2D eigenvalue weighted by Gasteiger charge is 2.32. The second-order valence-electron chi connectivity index (χ2n) is 5.55. The van der Waals surface area contributed by atoms with Crippen molar-refractivity contribution in [2.45, 2.75) is 25.4 Å². The summed E-state index contributed by atoms with van der Waals surface area (Å²) in [6, 6.07) is 13.1. The van der Waals surface area contributed by atoms with E-state index in [0.717, 1.165) is 22.8 Å². The molecule has 1 aliphatic heterocycles. The number of likely N-dealkylation sites (tertiary alicyclic amines) is 1. The van der Waals surface area contributed by atoms with E-state index >= 15 is 0 Å². The largest absolute Gasteiger partial charge is 0.351 e. The number of primary amides is 1. The Balaban J connectivity index is 1.71. The molecule has 1 unspecified atom stereocenters. The van der Waals surface area contributed by atoms with Gasteiger partial charge in [0.25, 0.3) is 0 Å². The van der Waals surface area contributed by atoms with Crippen LogP contribution in [0.1, 0.15) is 18.4 Å². The van der Waals surface area contributed by atoms with Gasteiger partial charge in [0.1, 0.15) is 6.04 Å². The van der Waals surface area contributed by atoms with E-state index in [4.69, 9.17) is 5.73 Å². The first-order valence-corrected chi connectivity index (χ1v) is 7.47. The summed E-state index contributed by atoms with van der Waals surface area (Å²) in [7, 11) is 0. The molecule has 2 aromatic rings. The molecular weight excluding hydrogens is 278 g/mol. The van der Waals surface area contributed by atoms with Gasteiger partial charge in [-0.15, -0.1) is 0 Å². The standard InChI is InChI=1S/C17H19N3O2/c18-17(22)20-10-4-9-15(20)16(21)19-11-13-7-3-6-12-5-1-2-8-14(12)13/h1-3,5-8,15H,4,9-11H2,(H2,18,22)(H,19,21). The molecule has 0 saturated carbocycles. The van der Waals surface area contributed by atoms with E-state index in [0.29, 0.717) is 19.5 Å². The third-order valence-corrected chi connectivity index (χ3v) is 4.17. The maximum Gasteiger partial charge on any atom is 0.315 e. The van der Waals surface area contributed by atoms with Crippen LogP contribution in [-0.2, 0) is 11.3 Å². The Hall–Kier alpha value is -2.56. The maximum absolute atomic E-state index is 12.3. The lowest BCUT2D eigenvalue weighted by atomic mass is 10.0. The van der Waals surface area contributed by atoms with Gasteiger partial charge in [-0.25, -0.2) is 4.79 Å². The van der Waals surface area contributed by atoms with Crippen molar-refractivity contribution in [2.24, 2.45) is 5.73 Å². The molecule has 0 spiro atoms. The molecule has 5 heteroatoms. The molecule has 0 aromatic heterocycles. The van der Waals surface area contributed by atoms with Gasteiger partial charge in [0.15, 0.2) is 0 Å². The Morgan fingerprint density at radius 2 is 1.95 bits per heavy atom. The van der Waals surface area contributed by atoms with Gasteiger partial charge in [0.05, 0.1) is 0 Å². The normalized spacial score (nSPS) is 17.6. The van der Waals surface area contributed by atoms with Crippen LogP contribution in [0.15, 0.2) is 42.5 Å². The number of hydrogen-bond acceptors (Lipinski definition) is 2. The zero-order valence-corrected chi connectivity index (χ0v) is 12.3. The van der Waals surface area contributed by atoms with Crippen LogP contribution in [0.25, 0.3) is 10.8 Å². The molecule has 1 aliphatic rings. The van der Waals surface area contributed by atoms with Crippen molar-refractivity contribution in [1.82, 2.24) is 10.2 Å². The predicted octanol–water partition coefficient (Wildman–Crippen LogP) is 2.00. The van der Waals surface area contributed by atoms with Crippen LogP contribution in [0.4, 0.5) is 4.79 Å². The first-order valence-electron chi connectivity index (χ1n) is 7.47. The molecule has 1 heterocycles. The van der Waals surface area contributed by atoms with Crippen molar-refractivity contribution in [2.75, 3.05) is 6.54 Å². The Kier molecular flexibility index (Phi) is 3.96. The highest BCUT2D eigenvalue weighted by molar-refractivity contribution is 5.88. The van der Waals surface area contributed by atoms with E-state index in [1.807, 2.05) is 42.5 Å². The number of urea groups is 1. The van der Waals surface area contributed by atoms with Crippen molar-refractivity contribution in [3.8, 4) is 0 Å². The van der Waals surface area contributed by atoms with Gasteiger partial charge in [-0.05, 0) is 29.2 Å². The molecule has 3 N–H and O–H groups in total. The summed E-state index contributed by atoms with van der Waals surface area (Å²) in [5.41, 5.74) is 6.38. The number of benzene rings is 2. The van der Waals surface area contributed by atoms with E-state index in [1.165, 1.54) is 4.90 Å². The van der Waals surface area contributed by atoms with Crippen LogP contribution in [0.5, 0.6) is 0 Å². The Morgan fingerprint density at radius 3 is 2.77 bits per heavy atom. The number of nitrogens with one attached hydrogen (secondary N) is 1. The third kappa shape index (κ3) is 2.74. The molecule has 1 atom stereocenters. The van der Waals surface area contributed by atoms with Crippen molar-refractivity contribution < 1.29 is 9.59 Å². The lowest BCUT2D eigenvalue weighted by Crippen LogP contribution is -2.47. The van der Waals surface area contributed by atoms with Gasteiger partial charge >= 0.3 is 6.03 Å². The molecule has 3 rings (SSSR count). The predicted molar refractivity (Wildman–Crippen MR) is 85.1 cm³/mol. The average Bonchev–Trinajstić information content (AvgIpc) is 3.02. The average molecular weight is 297 g/mol. The van der Waals surface area contributed by atoms with Gasteiger partial charge < -0.3 is 16.0 Å². The molecule has 1 saturated heterocycles. The van der Waals surface area contributed by atoms with Crippen LogP contribution >= 0.6 is 0 Å². The zero-order chi connectivity index (χ0) is 15.5. The quantitative estimate of drug-likeness (QED) is 0.909. The smallest absolute Gasteiger partial charge is 0.315 e.